The van der Waals surface area contributed by atoms with Gasteiger partial charge in [0.2, 0.25) is 0 Å². The van der Waals surface area contributed by atoms with Gasteiger partial charge < -0.3 is 14.8 Å². The van der Waals surface area contributed by atoms with Gasteiger partial charge in [0.05, 0.1) is 18.7 Å². The number of hydrogen-bond acceptors (Lipinski definition) is 3. The third-order valence-electron chi connectivity index (χ3n) is 3.01. The highest BCUT2D eigenvalue weighted by Gasteiger charge is 2.27. The molecule has 5 heteroatoms. The van der Waals surface area contributed by atoms with E-state index in [2.05, 4.69) is 21.2 Å². The second kappa shape index (κ2) is 5.23. The van der Waals surface area contributed by atoms with Gasteiger partial charge in [-0.2, -0.15) is 0 Å². The molecule has 0 amide bonds. The van der Waals surface area contributed by atoms with Gasteiger partial charge in [-0.15, -0.1) is 0 Å². The summed E-state index contributed by atoms with van der Waals surface area (Å²) in [6.45, 7) is 0.944. The van der Waals surface area contributed by atoms with E-state index in [1.165, 1.54) is 13.2 Å². The van der Waals surface area contributed by atoms with Crippen molar-refractivity contribution in [3.8, 4) is 11.5 Å². The van der Waals surface area contributed by atoms with Gasteiger partial charge in [0.25, 0.3) is 0 Å². The molecule has 0 aromatic heterocycles. The smallest absolute Gasteiger partial charge is 0.166 e. The van der Waals surface area contributed by atoms with E-state index in [0.717, 1.165) is 24.9 Å². The van der Waals surface area contributed by atoms with Gasteiger partial charge >= 0.3 is 0 Å². The van der Waals surface area contributed by atoms with Crippen molar-refractivity contribution < 1.29 is 13.9 Å². The van der Waals surface area contributed by atoms with E-state index in [9.17, 15) is 4.39 Å². The minimum absolute atomic E-state index is 0.115. The van der Waals surface area contributed by atoms with Crippen LogP contribution < -0.4 is 14.8 Å². The van der Waals surface area contributed by atoms with Crippen LogP contribution in [0.25, 0.3) is 0 Å². The lowest BCUT2D eigenvalue weighted by molar-refractivity contribution is 0.344. The van der Waals surface area contributed by atoms with Crippen molar-refractivity contribution in [1.29, 1.82) is 0 Å². The molecule has 3 nitrogen and oxygen atoms in total. The minimum Gasteiger partial charge on any atom is -0.493 e. The standard InChI is InChI=1S/C12H15BrFNO2/c1-16-9-6-7(14)11(13)10(12(9)17-2)8-4-3-5-15-8/h6,8,15H,3-5H2,1-2H3. The van der Waals surface area contributed by atoms with Crippen LogP contribution in [-0.2, 0) is 0 Å². The van der Waals surface area contributed by atoms with Gasteiger partial charge in [0.1, 0.15) is 5.82 Å². The van der Waals surface area contributed by atoms with Gasteiger partial charge in [-0.25, -0.2) is 4.39 Å². The summed E-state index contributed by atoms with van der Waals surface area (Å²) in [6, 6.07) is 1.45. The molecule has 0 aliphatic carbocycles. The zero-order valence-corrected chi connectivity index (χ0v) is 11.4. The van der Waals surface area contributed by atoms with E-state index in [1.807, 2.05) is 0 Å². The maximum atomic E-state index is 13.8. The molecule has 1 saturated heterocycles. The summed E-state index contributed by atoms with van der Waals surface area (Å²) >= 11 is 3.29. The highest BCUT2D eigenvalue weighted by Crippen LogP contribution is 2.43. The summed E-state index contributed by atoms with van der Waals surface area (Å²) in [5.41, 5.74) is 0.807. The van der Waals surface area contributed by atoms with Crippen LogP contribution in [0.4, 0.5) is 4.39 Å². The van der Waals surface area contributed by atoms with Crippen molar-refractivity contribution in [2.75, 3.05) is 20.8 Å². The SMILES string of the molecule is COc1cc(F)c(Br)c(C2CCCN2)c1OC. The van der Waals surface area contributed by atoms with E-state index in [0.29, 0.717) is 16.0 Å². The minimum atomic E-state index is -0.327. The first-order valence-corrected chi connectivity index (χ1v) is 6.31. The van der Waals surface area contributed by atoms with Crippen molar-refractivity contribution in [1.82, 2.24) is 5.32 Å². The van der Waals surface area contributed by atoms with Crippen molar-refractivity contribution >= 4 is 15.9 Å². The first-order chi connectivity index (χ1) is 8.19. The summed E-state index contributed by atoms with van der Waals surface area (Å²) in [6.07, 6.45) is 2.06. The first kappa shape index (κ1) is 12.6. The highest BCUT2D eigenvalue weighted by molar-refractivity contribution is 9.10. The van der Waals surface area contributed by atoms with E-state index >= 15 is 0 Å². The molecule has 1 aromatic carbocycles. The summed E-state index contributed by atoms with van der Waals surface area (Å²) in [4.78, 5) is 0. The molecule has 94 valence electrons. The molecular formula is C12H15BrFNO2. The Bertz CT molecular complexity index is 419. The first-order valence-electron chi connectivity index (χ1n) is 5.52. The molecule has 1 unspecified atom stereocenters. The summed E-state index contributed by atoms with van der Waals surface area (Å²) in [7, 11) is 3.08. The number of methoxy groups -OCH3 is 2. The monoisotopic (exact) mass is 303 g/mol. The summed E-state index contributed by atoms with van der Waals surface area (Å²) in [5.74, 6) is 0.698. The Morgan fingerprint density at radius 2 is 2.18 bits per heavy atom. The molecule has 2 rings (SSSR count). The molecule has 1 atom stereocenters. The molecule has 1 aliphatic rings. The van der Waals surface area contributed by atoms with Gasteiger partial charge in [0.15, 0.2) is 11.5 Å². The summed E-state index contributed by atoms with van der Waals surface area (Å²) in [5, 5.41) is 3.33. The van der Waals surface area contributed by atoms with Crippen molar-refractivity contribution in [3.05, 3.63) is 21.9 Å². The van der Waals surface area contributed by atoms with Crippen molar-refractivity contribution in [2.45, 2.75) is 18.9 Å². The fourth-order valence-electron chi connectivity index (χ4n) is 2.21. The highest BCUT2D eigenvalue weighted by atomic mass is 79.9. The van der Waals surface area contributed by atoms with Gasteiger partial charge in [-0.1, -0.05) is 0 Å². The molecule has 0 spiro atoms. The van der Waals surface area contributed by atoms with Crippen LogP contribution in [0, 0.1) is 5.82 Å². The molecule has 0 bridgehead atoms. The molecule has 1 heterocycles. The molecule has 1 fully saturated rings. The lowest BCUT2D eigenvalue weighted by Crippen LogP contribution is -2.15. The zero-order chi connectivity index (χ0) is 12.4. The van der Waals surface area contributed by atoms with E-state index in [-0.39, 0.29) is 11.9 Å². The molecule has 1 aromatic rings. The van der Waals surface area contributed by atoms with Crippen molar-refractivity contribution in [3.63, 3.8) is 0 Å². The van der Waals surface area contributed by atoms with E-state index in [1.54, 1.807) is 7.11 Å². The fraction of sp³-hybridized carbons (Fsp3) is 0.500. The molecule has 0 radical (unpaired) electrons. The van der Waals surface area contributed by atoms with Crippen LogP contribution in [0.2, 0.25) is 0 Å². The quantitative estimate of drug-likeness (QED) is 0.931. The third kappa shape index (κ3) is 2.26. The molecular weight excluding hydrogens is 289 g/mol. The van der Waals surface area contributed by atoms with E-state index in [4.69, 9.17) is 9.47 Å². The normalized spacial score (nSPS) is 19.4. The zero-order valence-electron chi connectivity index (χ0n) is 9.85. The largest absolute Gasteiger partial charge is 0.493 e. The Kier molecular flexibility index (Phi) is 3.89. The van der Waals surface area contributed by atoms with Gasteiger partial charge in [-0.05, 0) is 35.3 Å². The number of ether oxygens (including phenoxy) is 2. The van der Waals surface area contributed by atoms with Crippen molar-refractivity contribution in [2.24, 2.45) is 0 Å². The Hall–Kier alpha value is -0.810. The summed E-state index contributed by atoms with van der Waals surface area (Å²) < 4.78 is 24.8. The van der Waals surface area contributed by atoms with Crippen LogP contribution in [0.15, 0.2) is 10.5 Å². The van der Waals surface area contributed by atoms with Crippen LogP contribution >= 0.6 is 15.9 Å². The lowest BCUT2D eigenvalue weighted by atomic mass is 10.0. The maximum Gasteiger partial charge on any atom is 0.166 e. The molecule has 0 saturated carbocycles. The van der Waals surface area contributed by atoms with Gasteiger partial charge in [-0.3, -0.25) is 0 Å². The second-order valence-corrected chi connectivity index (χ2v) is 4.76. The van der Waals surface area contributed by atoms with Crippen LogP contribution in [0.5, 0.6) is 11.5 Å². The number of rotatable bonds is 3. The Morgan fingerprint density at radius 3 is 2.71 bits per heavy atom. The topological polar surface area (TPSA) is 30.5 Å². The average molecular weight is 304 g/mol. The predicted octanol–water partition coefficient (Wildman–Crippen LogP) is 3.03. The lowest BCUT2D eigenvalue weighted by Gasteiger charge is -2.19. The Balaban J connectivity index is 2.56. The number of hydrogen-bond donors (Lipinski definition) is 1. The second-order valence-electron chi connectivity index (χ2n) is 3.97. The predicted molar refractivity (Wildman–Crippen MR) is 67.2 cm³/mol. The molecule has 1 aliphatic heterocycles. The fourth-order valence-corrected chi connectivity index (χ4v) is 2.78. The average Bonchev–Trinajstić information content (AvgIpc) is 2.85. The maximum absolute atomic E-state index is 13.8. The Morgan fingerprint density at radius 1 is 1.41 bits per heavy atom. The number of halogens is 2. The molecule has 1 N–H and O–H groups in total. The number of nitrogens with one attached hydrogen (secondary N) is 1. The molecule has 17 heavy (non-hydrogen) atoms. The van der Waals surface area contributed by atoms with Crippen LogP contribution in [0.1, 0.15) is 24.4 Å². The van der Waals surface area contributed by atoms with E-state index < -0.39 is 0 Å². The van der Waals surface area contributed by atoms with Gasteiger partial charge in [0, 0.05) is 17.7 Å². The Labute approximate surface area is 108 Å². The van der Waals surface area contributed by atoms with Crippen LogP contribution in [-0.4, -0.2) is 20.8 Å². The van der Waals surface area contributed by atoms with Crippen LogP contribution in [0.3, 0.4) is 0 Å². The number of benzene rings is 1. The third-order valence-corrected chi connectivity index (χ3v) is 3.81.